The average Bonchev–Trinajstić information content (AvgIpc) is 3.16. The van der Waals surface area contributed by atoms with Gasteiger partial charge in [0, 0.05) is 11.5 Å². The molecule has 0 unspecified atom stereocenters. The summed E-state index contributed by atoms with van der Waals surface area (Å²) >= 11 is 0. The molecule has 27 heavy (non-hydrogen) atoms. The van der Waals surface area contributed by atoms with Crippen LogP contribution in [0.4, 0.5) is 0 Å². The van der Waals surface area contributed by atoms with E-state index in [1.165, 1.54) is 6.42 Å². The van der Waals surface area contributed by atoms with Gasteiger partial charge in [0.2, 0.25) is 0 Å². The predicted molar refractivity (Wildman–Crippen MR) is 102 cm³/mol. The van der Waals surface area contributed by atoms with Gasteiger partial charge in [0.1, 0.15) is 6.61 Å². The van der Waals surface area contributed by atoms with Crippen LogP contribution in [0.25, 0.3) is 0 Å². The molecule has 0 saturated heterocycles. The van der Waals surface area contributed by atoms with Gasteiger partial charge < -0.3 is 14.9 Å². The van der Waals surface area contributed by atoms with Crippen molar-refractivity contribution in [2.24, 2.45) is 34.5 Å². The fraction of sp³-hybridized carbons (Fsp3) is 0.870. The maximum Gasteiger partial charge on any atom is 0.331 e. The zero-order chi connectivity index (χ0) is 19.0. The van der Waals surface area contributed by atoms with Crippen molar-refractivity contribution in [3.8, 4) is 0 Å². The van der Waals surface area contributed by atoms with Crippen molar-refractivity contribution in [2.75, 3.05) is 6.61 Å². The number of hydrogen-bond donors (Lipinski definition) is 2. The molecule has 150 valence electrons. The lowest BCUT2D eigenvalue weighted by Gasteiger charge is -2.63. The predicted octanol–water partition coefficient (Wildman–Crippen LogP) is 3.60. The second-order valence-corrected chi connectivity index (χ2v) is 10.7. The average molecular weight is 375 g/mol. The number of esters is 1. The Kier molecular flexibility index (Phi) is 3.92. The third kappa shape index (κ3) is 2.32. The van der Waals surface area contributed by atoms with E-state index in [4.69, 9.17) is 4.74 Å². The van der Waals surface area contributed by atoms with Crippen molar-refractivity contribution >= 4 is 5.97 Å². The molecule has 4 fully saturated rings. The molecular weight excluding hydrogens is 340 g/mol. The lowest BCUT2D eigenvalue weighted by atomic mass is 9.43. The maximum atomic E-state index is 12.1. The van der Waals surface area contributed by atoms with Gasteiger partial charge >= 0.3 is 5.97 Å². The molecule has 0 bridgehead atoms. The van der Waals surface area contributed by atoms with E-state index < -0.39 is 5.60 Å². The lowest BCUT2D eigenvalue weighted by molar-refractivity contribution is -0.208. The smallest absolute Gasteiger partial charge is 0.331 e. The van der Waals surface area contributed by atoms with Gasteiger partial charge in [0.15, 0.2) is 0 Å². The topological polar surface area (TPSA) is 66.8 Å². The molecule has 8 atom stereocenters. The SMILES string of the molecule is C[C@@]12CC[C@H](O)C[C@@H]1CC[C@@H]1[C@@H]2CC[C@@]2(C)[C@@H](C3=CC(=O)OC3)CC[C@]12O. The van der Waals surface area contributed by atoms with Crippen LogP contribution in [0.15, 0.2) is 11.6 Å². The number of rotatable bonds is 1. The highest BCUT2D eigenvalue weighted by Crippen LogP contribution is 2.69. The summed E-state index contributed by atoms with van der Waals surface area (Å²) < 4.78 is 5.20. The van der Waals surface area contributed by atoms with E-state index in [0.717, 1.165) is 56.9 Å². The van der Waals surface area contributed by atoms with Gasteiger partial charge in [-0.3, -0.25) is 0 Å². The van der Waals surface area contributed by atoms with E-state index in [1.54, 1.807) is 6.08 Å². The summed E-state index contributed by atoms with van der Waals surface area (Å²) in [5.74, 6) is 1.59. The molecule has 0 aromatic carbocycles. The molecule has 1 heterocycles. The Bertz CT molecular complexity index is 686. The third-order valence-electron chi connectivity index (χ3n) is 9.96. The van der Waals surface area contributed by atoms with Gasteiger partial charge in [-0.2, -0.15) is 0 Å². The van der Waals surface area contributed by atoms with Crippen LogP contribution in [0, 0.1) is 34.5 Å². The number of cyclic esters (lactones) is 1. The summed E-state index contributed by atoms with van der Waals surface area (Å²) in [6.45, 7) is 5.15. The molecule has 4 saturated carbocycles. The second-order valence-electron chi connectivity index (χ2n) is 10.7. The molecule has 1 aliphatic heterocycles. The number of aliphatic hydroxyl groups is 2. The van der Waals surface area contributed by atoms with Gasteiger partial charge in [-0.1, -0.05) is 13.8 Å². The minimum Gasteiger partial charge on any atom is -0.458 e. The molecule has 4 nitrogen and oxygen atoms in total. The van der Waals surface area contributed by atoms with Crippen LogP contribution in [-0.4, -0.2) is 34.5 Å². The molecular formula is C23H34O4. The quantitative estimate of drug-likeness (QED) is 0.688. The first kappa shape index (κ1) is 18.2. The van der Waals surface area contributed by atoms with Crippen molar-refractivity contribution in [2.45, 2.75) is 83.3 Å². The Labute approximate surface area is 162 Å². The van der Waals surface area contributed by atoms with Crippen LogP contribution in [0.3, 0.4) is 0 Å². The highest BCUT2D eigenvalue weighted by atomic mass is 16.5. The fourth-order valence-electron chi connectivity index (χ4n) is 8.39. The van der Waals surface area contributed by atoms with E-state index in [0.29, 0.717) is 24.4 Å². The molecule has 4 heteroatoms. The van der Waals surface area contributed by atoms with Crippen LogP contribution in [0.1, 0.15) is 71.6 Å². The van der Waals surface area contributed by atoms with Gasteiger partial charge in [0.05, 0.1) is 11.7 Å². The molecule has 0 aromatic heterocycles. The van der Waals surface area contributed by atoms with Crippen LogP contribution >= 0.6 is 0 Å². The number of carbonyl (C=O) groups excluding carboxylic acids is 1. The van der Waals surface area contributed by atoms with Gasteiger partial charge in [-0.15, -0.1) is 0 Å². The highest BCUT2D eigenvalue weighted by Gasteiger charge is 2.67. The van der Waals surface area contributed by atoms with Gasteiger partial charge in [-0.05, 0) is 92.4 Å². The Hall–Kier alpha value is -0.870. The zero-order valence-corrected chi connectivity index (χ0v) is 16.7. The Morgan fingerprint density at radius 1 is 1.04 bits per heavy atom. The fourth-order valence-corrected chi connectivity index (χ4v) is 8.39. The largest absolute Gasteiger partial charge is 0.458 e. The summed E-state index contributed by atoms with van der Waals surface area (Å²) in [4.78, 5) is 11.6. The van der Waals surface area contributed by atoms with Gasteiger partial charge in [-0.25, -0.2) is 4.79 Å². The lowest BCUT2D eigenvalue weighted by Crippen LogP contribution is -2.62. The van der Waals surface area contributed by atoms with Crippen molar-refractivity contribution < 1.29 is 19.7 Å². The highest BCUT2D eigenvalue weighted by molar-refractivity contribution is 5.85. The summed E-state index contributed by atoms with van der Waals surface area (Å²) in [6, 6.07) is 0. The minimum atomic E-state index is -0.628. The Balaban J connectivity index is 1.47. The number of carbonyl (C=O) groups is 1. The summed E-state index contributed by atoms with van der Waals surface area (Å²) in [7, 11) is 0. The van der Waals surface area contributed by atoms with E-state index in [1.807, 2.05) is 0 Å². The van der Waals surface area contributed by atoms with Crippen molar-refractivity contribution in [1.29, 1.82) is 0 Å². The van der Waals surface area contributed by atoms with E-state index in [2.05, 4.69) is 13.8 Å². The number of aliphatic hydroxyl groups excluding tert-OH is 1. The number of ether oxygens (including phenoxy) is 1. The van der Waals surface area contributed by atoms with Crippen LogP contribution in [0.2, 0.25) is 0 Å². The van der Waals surface area contributed by atoms with Crippen molar-refractivity contribution in [3.63, 3.8) is 0 Å². The van der Waals surface area contributed by atoms with Gasteiger partial charge in [0.25, 0.3) is 0 Å². The molecule has 4 aliphatic carbocycles. The molecule has 0 amide bonds. The zero-order valence-electron chi connectivity index (χ0n) is 16.7. The second kappa shape index (κ2) is 5.82. The van der Waals surface area contributed by atoms with Crippen LogP contribution in [-0.2, 0) is 9.53 Å². The molecule has 0 aromatic rings. The molecule has 0 spiro atoms. The molecule has 0 radical (unpaired) electrons. The van der Waals surface area contributed by atoms with Crippen molar-refractivity contribution in [3.05, 3.63) is 11.6 Å². The van der Waals surface area contributed by atoms with Crippen LogP contribution < -0.4 is 0 Å². The minimum absolute atomic E-state index is 0.126. The first-order chi connectivity index (χ1) is 12.8. The number of hydrogen-bond acceptors (Lipinski definition) is 4. The summed E-state index contributed by atoms with van der Waals surface area (Å²) in [5.41, 5.74) is 0.600. The molecule has 2 N–H and O–H groups in total. The molecule has 5 rings (SSSR count). The standard InChI is InChI=1S/C23H34O4/c1-21-8-5-16(24)12-15(21)3-4-19-18(21)6-9-22(2)17(7-10-23(19,22)26)14-11-20(25)27-13-14/h11,15-19,24,26H,3-10,12-13H2,1-2H3/t15-,16-,17+,18-,19+,21+,22-,23-/m0/s1. The van der Waals surface area contributed by atoms with Crippen LogP contribution in [0.5, 0.6) is 0 Å². The van der Waals surface area contributed by atoms with E-state index in [-0.39, 0.29) is 28.8 Å². The molecule has 5 aliphatic rings. The Morgan fingerprint density at radius 3 is 2.59 bits per heavy atom. The van der Waals surface area contributed by atoms with Crippen molar-refractivity contribution in [1.82, 2.24) is 0 Å². The summed E-state index contributed by atoms with van der Waals surface area (Å²) in [5, 5.41) is 22.3. The van der Waals surface area contributed by atoms with E-state index in [9.17, 15) is 15.0 Å². The number of fused-ring (bicyclic) bond motifs is 5. The third-order valence-corrected chi connectivity index (χ3v) is 9.96. The Morgan fingerprint density at radius 2 is 1.85 bits per heavy atom. The first-order valence-corrected chi connectivity index (χ1v) is 11.1. The summed E-state index contributed by atoms with van der Waals surface area (Å²) in [6.07, 6.45) is 10.8. The maximum absolute atomic E-state index is 12.1. The first-order valence-electron chi connectivity index (χ1n) is 11.1. The monoisotopic (exact) mass is 374 g/mol. The van der Waals surface area contributed by atoms with E-state index >= 15 is 0 Å². The normalized spacial score (nSPS) is 54.6.